The van der Waals surface area contributed by atoms with Crippen molar-refractivity contribution in [2.24, 2.45) is 10.2 Å². The van der Waals surface area contributed by atoms with Crippen LogP contribution in [0, 0.1) is 0 Å². The van der Waals surface area contributed by atoms with E-state index in [4.69, 9.17) is 11.5 Å². The minimum atomic E-state index is -0.361. The van der Waals surface area contributed by atoms with E-state index in [-0.39, 0.29) is 23.5 Å². The van der Waals surface area contributed by atoms with Crippen LogP contribution in [0.1, 0.15) is 6.92 Å². The number of nitrogens with two attached hydrogens (primary N) is 2. The number of azo groups is 1. The average Bonchev–Trinajstić information content (AvgIpc) is 2.38. The van der Waals surface area contributed by atoms with Crippen molar-refractivity contribution in [3.8, 4) is 0 Å². The van der Waals surface area contributed by atoms with Crippen molar-refractivity contribution >= 4 is 52.3 Å². The summed E-state index contributed by atoms with van der Waals surface area (Å²) in [5.74, 6) is 0.649. The summed E-state index contributed by atoms with van der Waals surface area (Å²) in [6, 6.07) is 12.7. The molecule has 0 fully saturated rings. The predicted molar refractivity (Wildman–Crippen MR) is 87.5 cm³/mol. The molecular weight excluding hydrogens is 313 g/mol. The largest absolute Gasteiger partial charge is 0.384 e. The van der Waals surface area contributed by atoms with Crippen molar-refractivity contribution in [1.82, 2.24) is 4.98 Å². The third kappa shape index (κ3) is 7.86. The van der Waals surface area contributed by atoms with Crippen molar-refractivity contribution in [3.05, 3.63) is 42.5 Å². The van der Waals surface area contributed by atoms with E-state index in [1.807, 2.05) is 30.3 Å². The highest BCUT2D eigenvalue weighted by Crippen LogP contribution is 2.23. The molecule has 4 N–H and O–H groups in total. The molecule has 0 aliphatic rings. The number of benzene rings is 1. The first-order chi connectivity index (χ1) is 9.49. The first kappa shape index (κ1) is 18.8. The summed E-state index contributed by atoms with van der Waals surface area (Å²) >= 11 is 4.64. The van der Waals surface area contributed by atoms with Gasteiger partial charge in [0.2, 0.25) is 5.24 Å². The predicted octanol–water partition coefficient (Wildman–Crippen LogP) is 3.85. The number of carbonyl (C=O) groups excluding carboxylic acids is 1. The van der Waals surface area contributed by atoms with Crippen LogP contribution in [-0.2, 0) is 4.79 Å². The minimum Gasteiger partial charge on any atom is -0.384 e. The van der Waals surface area contributed by atoms with Gasteiger partial charge in [0.15, 0.2) is 5.82 Å². The second-order valence-electron chi connectivity index (χ2n) is 3.65. The van der Waals surface area contributed by atoms with Gasteiger partial charge in [-0.1, -0.05) is 18.2 Å². The van der Waals surface area contributed by atoms with Gasteiger partial charge >= 0.3 is 0 Å². The molecule has 2 aromatic rings. The van der Waals surface area contributed by atoms with Crippen LogP contribution in [0.5, 0.6) is 0 Å². The Kier molecular flexibility index (Phi) is 8.68. The van der Waals surface area contributed by atoms with Crippen LogP contribution < -0.4 is 11.5 Å². The minimum absolute atomic E-state index is 0. The van der Waals surface area contributed by atoms with E-state index >= 15 is 0 Å². The fraction of sp³-hybridized carbons (Fsp3) is 0.0769. The lowest BCUT2D eigenvalue weighted by atomic mass is 10.3. The van der Waals surface area contributed by atoms with Crippen molar-refractivity contribution < 1.29 is 4.79 Å². The summed E-state index contributed by atoms with van der Waals surface area (Å²) < 4.78 is 0. The Morgan fingerprint density at radius 2 is 1.67 bits per heavy atom. The van der Waals surface area contributed by atoms with Crippen LogP contribution in [-0.4, -0.2) is 10.2 Å². The number of anilines is 2. The Morgan fingerprint density at radius 3 is 2.19 bits per heavy atom. The molecule has 0 bridgehead atoms. The molecule has 8 heteroatoms. The zero-order valence-electron chi connectivity index (χ0n) is 11.2. The molecule has 21 heavy (non-hydrogen) atoms. The molecule has 0 saturated carbocycles. The van der Waals surface area contributed by atoms with E-state index in [1.54, 1.807) is 12.1 Å². The Hall–Kier alpha value is -2.18. The normalized spacial score (nSPS) is 9.43. The van der Waals surface area contributed by atoms with E-state index in [0.29, 0.717) is 11.5 Å². The fourth-order valence-electron chi connectivity index (χ4n) is 1.17. The highest BCUT2D eigenvalue weighted by atomic mass is 35.5. The van der Waals surface area contributed by atoms with Crippen molar-refractivity contribution in [1.29, 1.82) is 0 Å². The molecule has 0 atom stereocenters. The third-order valence-corrected chi connectivity index (χ3v) is 1.95. The van der Waals surface area contributed by atoms with Gasteiger partial charge in [0.1, 0.15) is 11.5 Å². The smallest absolute Gasteiger partial charge is 0.218 e. The number of nitrogen functional groups attached to an aromatic ring is 2. The summed E-state index contributed by atoms with van der Waals surface area (Å²) in [5, 5.41) is 7.67. The number of rotatable bonds is 2. The van der Waals surface area contributed by atoms with Gasteiger partial charge in [-0.15, -0.1) is 17.5 Å². The number of hydrogen-bond acceptors (Lipinski definition) is 6. The quantitative estimate of drug-likeness (QED) is 0.645. The summed E-state index contributed by atoms with van der Waals surface area (Å²) in [6.07, 6.45) is 0. The molecule has 0 radical (unpaired) electrons. The van der Waals surface area contributed by atoms with Gasteiger partial charge in [-0.05, 0) is 35.9 Å². The molecular formula is C13H15Cl2N5O. The highest BCUT2D eigenvalue weighted by Gasteiger charge is 1.98. The van der Waals surface area contributed by atoms with Gasteiger partial charge in [0, 0.05) is 6.92 Å². The number of halogens is 2. The summed E-state index contributed by atoms with van der Waals surface area (Å²) in [6.45, 7) is 1.29. The molecule has 2 rings (SSSR count). The molecule has 0 unspecified atom stereocenters. The van der Waals surface area contributed by atoms with Gasteiger partial charge in [-0.3, -0.25) is 4.79 Å². The maximum absolute atomic E-state index is 9.21. The standard InChI is InChI=1S/C11H11N5.C2H3ClO.ClH/c12-10-7-6-9(11(13)14-10)16-15-8-4-2-1-3-5-8;1-2(3)4;/h1-7H,(H4,12,13,14);1H3;1H/b16-15+;;. The average molecular weight is 328 g/mol. The second-order valence-corrected chi connectivity index (χ2v) is 4.18. The fourth-order valence-corrected chi connectivity index (χ4v) is 1.17. The van der Waals surface area contributed by atoms with Crippen LogP contribution in [0.2, 0.25) is 0 Å². The molecule has 0 aliphatic carbocycles. The van der Waals surface area contributed by atoms with E-state index in [0.717, 1.165) is 5.69 Å². The molecule has 1 aromatic heterocycles. The lowest BCUT2D eigenvalue weighted by Crippen LogP contribution is -1.95. The van der Waals surface area contributed by atoms with Crippen LogP contribution in [0.3, 0.4) is 0 Å². The Morgan fingerprint density at radius 1 is 1.10 bits per heavy atom. The van der Waals surface area contributed by atoms with Crippen molar-refractivity contribution in [2.45, 2.75) is 6.92 Å². The number of aromatic nitrogens is 1. The van der Waals surface area contributed by atoms with Gasteiger partial charge in [-0.2, -0.15) is 5.11 Å². The molecule has 0 amide bonds. The number of carbonyl (C=O) groups is 1. The summed E-state index contributed by atoms with van der Waals surface area (Å²) in [5.41, 5.74) is 12.4. The summed E-state index contributed by atoms with van der Waals surface area (Å²) in [7, 11) is 0. The van der Waals surface area contributed by atoms with E-state index in [1.165, 1.54) is 6.92 Å². The Labute approximate surface area is 133 Å². The van der Waals surface area contributed by atoms with Gasteiger partial charge in [0.25, 0.3) is 0 Å². The summed E-state index contributed by atoms with van der Waals surface area (Å²) in [4.78, 5) is 13.1. The number of nitrogens with zero attached hydrogens (tertiary/aromatic N) is 3. The SMILES string of the molecule is CC(=O)Cl.Cl.Nc1ccc(/N=N/c2ccccc2)c(N)n1. The van der Waals surface area contributed by atoms with Crippen LogP contribution in [0.4, 0.5) is 23.0 Å². The third-order valence-electron chi connectivity index (χ3n) is 1.95. The molecule has 1 heterocycles. The van der Waals surface area contributed by atoms with Gasteiger partial charge in [0.05, 0.1) is 5.69 Å². The highest BCUT2D eigenvalue weighted by molar-refractivity contribution is 6.62. The van der Waals surface area contributed by atoms with Gasteiger partial charge < -0.3 is 11.5 Å². The Balaban J connectivity index is 0.000000715. The first-order valence-electron chi connectivity index (χ1n) is 5.64. The lowest BCUT2D eigenvalue weighted by molar-refractivity contribution is -0.109. The first-order valence-corrected chi connectivity index (χ1v) is 6.01. The lowest BCUT2D eigenvalue weighted by Gasteiger charge is -1.98. The molecule has 0 saturated heterocycles. The van der Waals surface area contributed by atoms with Crippen LogP contribution >= 0.6 is 24.0 Å². The van der Waals surface area contributed by atoms with Gasteiger partial charge in [-0.25, -0.2) is 4.98 Å². The van der Waals surface area contributed by atoms with E-state index in [9.17, 15) is 4.79 Å². The number of pyridine rings is 1. The molecule has 112 valence electrons. The zero-order chi connectivity index (χ0) is 15.0. The molecule has 1 aromatic carbocycles. The number of hydrogen-bond donors (Lipinski definition) is 2. The zero-order valence-corrected chi connectivity index (χ0v) is 12.8. The maximum Gasteiger partial charge on any atom is 0.218 e. The van der Waals surface area contributed by atoms with E-state index < -0.39 is 0 Å². The monoisotopic (exact) mass is 327 g/mol. The van der Waals surface area contributed by atoms with Crippen LogP contribution in [0.25, 0.3) is 0 Å². The Bertz CT molecular complexity index is 601. The second kappa shape index (κ2) is 9.68. The van der Waals surface area contributed by atoms with Crippen molar-refractivity contribution in [3.63, 3.8) is 0 Å². The van der Waals surface area contributed by atoms with E-state index in [2.05, 4.69) is 26.8 Å². The topological polar surface area (TPSA) is 107 Å². The van der Waals surface area contributed by atoms with Crippen molar-refractivity contribution in [2.75, 3.05) is 11.5 Å². The molecule has 0 aliphatic heterocycles. The molecule has 6 nitrogen and oxygen atoms in total. The molecule has 0 spiro atoms. The maximum atomic E-state index is 9.21. The van der Waals surface area contributed by atoms with Crippen LogP contribution in [0.15, 0.2) is 52.7 Å².